The summed E-state index contributed by atoms with van der Waals surface area (Å²) >= 11 is 0. The maximum absolute atomic E-state index is 13.6. The highest BCUT2D eigenvalue weighted by molar-refractivity contribution is 5.68. The average molecular weight is 493 g/mol. The zero-order valence-corrected chi connectivity index (χ0v) is 20.9. The van der Waals surface area contributed by atoms with E-state index in [9.17, 15) is 9.18 Å². The molecule has 8 heteroatoms. The van der Waals surface area contributed by atoms with Crippen LogP contribution in [0.1, 0.15) is 37.3 Å². The van der Waals surface area contributed by atoms with E-state index in [2.05, 4.69) is 32.8 Å². The second-order valence-electron chi connectivity index (χ2n) is 9.34. The number of aromatic nitrogens is 2. The van der Waals surface area contributed by atoms with Gasteiger partial charge in [0, 0.05) is 50.2 Å². The molecule has 7 nitrogen and oxygen atoms in total. The molecule has 190 valence electrons. The van der Waals surface area contributed by atoms with Crippen LogP contribution in [0.5, 0.6) is 5.75 Å². The van der Waals surface area contributed by atoms with Crippen molar-refractivity contribution in [3.8, 4) is 16.9 Å². The third kappa shape index (κ3) is 6.79. The van der Waals surface area contributed by atoms with Crippen LogP contribution in [0.3, 0.4) is 0 Å². The lowest BCUT2D eigenvalue weighted by atomic mass is 10.0. The fourth-order valence-corrected chi connectivity index (χ4v) is 4.70. The molecule has 1 atom stereocenters. The summed E-state index contributed by atoms with van der Waals surface area (Å²) in [4.78, 5) is 24.9. The zero-order valence-electron chi connectivity index (χ0n) is 20.9. The van der Waals surface area contributed by atoms with Crippen LogP contribution in [-0.2, 0) is 11.3 Å². The molecule has 0 amide bonds. The van der Waals surface area contributed by atoms with Gasteiger partial charge in [-0.3, -0.25) is 4.90 Å². The average Bonchev–Trinajstić information content (AvgIpc) is 2.86. The molecular weight excluding hydrogens is 459 g/mol. The van der Waals surface area contributed by atoms with Gasteiger partial charge in [0.25, 0.3) is 0 Å². The minimum Gasteiger partial charge on any atom is -0.482 e. The first kappa shape index (κ1) is 25.6. The Morgan fingerprint density at radius 3 is 2.67 bits per heavy atom. The van der Waals surface area contributed by atoms with Crippen molar-refractivity contribution in [3.05, 3.63) is 71.8 Å². The van der Waals surface area contributed by atoms with E-state index in [0.717, 1.165) is 67.7 Å². The number of carbonyl (C=O) groups is 1. The number of rotatable bonds is 10. The lowest BCUT2D eigenvalue weighted by Gasteiger charge is -2.41. The lowest BCUT2D eigenvalue weighted by Crippen LogP contribution is -2.53. The normalized spacial score (nSPS) is 16.2. The molecule has 1 aliphatic heterocycles. The molecule has 0 unspecified atom stereocenters. The summed E-state index contributed by atoms with van der Waals surface area (Å²) < 4.78 is 19.0. The highest BCUT2D eigenvalue weighted by Gasteiger charge is 2.28. The number of aliphatic carboxylic acids is 1. The van der Waals surface area contributed by atoms with Crippen LogP contribution in [0, 0.1) is 12.7 Å². The first-order valence-corrected chi connectivity index (χ1v) is 12.4. The Labute approximate surface area is 211 Å². The van der Waals surface area contributed by atoms with E-state index in [4.69, 9.17) is 9.84 Å². The summed E-state index contributed by atoms with van der Waals surface area (Å²) in [5.41, 5.74) is 3.70. The van der Waals surface area contributed by atoms with Crippen LogP contribution in [0.4, 0.5) is 10.3 Å². The number of aryl methyl sites for hydroxylation is 1. The predicted molar refractivity (Wildman–Crippen MR) is 138 cm³/mol. The van der Waals surface area contributed by atoms with Gasteiger partial charge in [-0.2, -0.15) is 0 Å². The maximum Gasteiger partial charge on any atom is 0.341 e. The van der Waals surface area contributed by atoms with Crippen LogP contribution in [0.25, 0.3) is 11.1 Å². The molecule has 0 bridgehead atoms. The van der Waals surface area contributed by atoms with E-state index in [1.807, 2.05) is 25.1 Å². The Bertz CT molecular complexity index is 1170. The first-order valence-electron chi connectivity index (χ1n) is 12.4. The van der Waals surface area contributed by atoms with Gasteiger partial charge in [-0.25, -0.2) is 19.2 Å². The number of carboxylic acids is 1. The molecule has 36 heavy (non-hydrogen) atoms. The molecule has 2 aromatic carbocycles. The molecule has 0 aliphatic carbocycles. The van der Waals surface area contributed by atoms with Gasteiger partial charge in [0.1, 0.15) is 11.6 Å². The quantitative estimate of drug-likeness (QED) is 0.430. The van der Waals surface area contributed by atoms with E-state index < -0.39 is 5.97 Å². The summed E-state index contributed by atoms with van der Waals surface area (Å²) in [6.45, 7) is 7.15. The first-order chi connectivity index (χ1) is 17.4. The number of carboxylic acid groups (broad SMARTS) is 1. The van der Waals surface area contributed by atoms with Crippen molar-refractivity contribution in [2.45, 2.75) is 45.7 Å². The van der Waals surface area contributed by atoms with Crippen molar-refractivity contribution in [1.29, 1.82) is 0 Å². The largest absolute Gasteiger partial charge is 0.482 e. The molecule has 0 saturated carbocycles. The number of benzene rings is 2. The zero-order chi connectivity index (χ0) is 25.5. The van der Waals surface area contributed by atoms with Crippen LogP contribution in [0.15, 0.2) is 54.9 Å². The Balaban J connectivity index is 1.45. The fourth-order valence-electron chi connectivity index (χ4n) is 4.70. The van der Waals surface area contributed by atoms with Gasteiger partial charge in [-0.05, 0) is 54.3 Å². The molecule has 0 radical (unpaired) electrons. The van der Waals surface area contributed by atoms with Gasteiger partial charge in [0.2, 0.25) is 5.95 Å². The van der Waals surface area contributed by atoms with Crippen LogP contribution in [0.2, 0.25) is 0 Å². The number of unbranched alkanes of at least 4 members (excludes halogenated alkanes) is 1. The Hall–Kier alpha value is -3.52. The van der Waals surface area contributed by atoms with Crippen LogP contribution in [-0.4, -0.2) is 58.2 Å². The highest BCUT2D eigenvalue weighted by atomic mass is 19.1. The second kappa shape index (κ2) is 11.9. The van der Waals surface area contributed by atoms with E-state index in [1.54, 1.807) is 18.5 Å². The number of ether oxygens (including phenoxy) is 1. The van der Waals surface area contributed by atoms with Crippen molar-refractivity contribution >= 4 is 11.9 Å². The molecule has 2 heterocycles. The van der Waals surface area contributed by atoms with E-state index in [-0.39, 0.29) is 18.5 Å². The van der Waals surface area contributed by atoms with Crippen molar-refractivity contribution in [1.82, 2.24) is 14.9 Å². The second-order valence-corrected chi connectivity index (χ2v) is 9.34. The van der Waals surface area contributed by atoms with Gasteiger partial charge in [-0.15, -0.1) is 0 Å². The Morgan fingerprint density at radius 1 is 1.14 bits per heavy atom. The van der Waals surface area contributed by atoms with E-state index >= 15 is 0 Å². The monoisotopic (exact) mass is 492 g/mol. The van der Waals surface area contributed by atoms with Crippen molar-refractivity contribution in [3.63, 3.8) is 0 Å². The van der Waals surface area contributed by atoms with Crippen molar-refractivity contribution in [2.75, 3.05) is 31.1 Å². The predicted octanol–water partition coefficient (Wildman–Crippen LogP) is 4.94. The van der Waals surface area contributed by atoms with Gasteiger partial charge < -0.3 is 14.7 Å². The van der Waals surface area contributed by atoms with Gasteiger partial charge in [0.15, 0.2) is 6.61 Å². The van der Waals surface area contributed by atoms with Crippen molar-refractivity contribution < 1.29 is 19.0 Å². The van der Waals surface area contributed by atoms with Gasteiger partial charge >= 0.3 is 5.97 Å². The topological polar surface area (TPSA) is 78.8 Å². The third-order valence-corrected chi connectivity index (χ3v) is 6.39. The molecule has 1 aliphatic rings. The summed E-state index contributed by atoms with van der Waals surface area (Å²) in [7, 11) is 0. The molecule has 1 N–H and O–H groups in total. The number of hydrogen-bond donors (Lipinski definition) is 1. The molecular formula is C28H33FN4O3. The molecule has 1 aromatic heterocycles. The Kier molecular flexibility index (Phi) is 8.48. The van der Waals surface area contributed by atoms with E-state index in [0.29, 0.717) is 11.7 Å². The Morgan fingerprint density at radius 2 is 1.94 bits per heavy atom. The molecule has 0 spiro atoms. The number of nitrogens with zero attached hydrogens (tertiary/aromatic N) is 4. The van der Waals surface area contributed by atoms with Crippen LogP contribution >= 0.6 is 0 Å². The number of piperazine rings is 1. The van der Waals surface area contributed by atoms with Crippen molar-refractivity contribution in [2.24, 2.45) is 0 Å². The molecule has 1 saturated heterocycles. The SMILES string of the molecule is CCCC[C@@H]1CN(Cc2cc(C)cc(OCC(=O)O)c2)CCN1c1ncc(-c2cccc(F)c2)cn1. The molecule has 3 aromatic rings. The molecule has 1 fully saturated rings. The summed E-state index contributed by atoms with van der Waals surface area (Å²) in [5, 5.41) is 8.91. The van der Waals surface area contributed by atoms with E-state index in [1.165, 1.54) is 12.1 Å². The number of hydrogen-bond acceptors (Lipinski definition) is 6. The maximum atomic E-state index is 13.6. The summed E-state index contributed by atoms with van der Waals surface area (Å²) in [6.07, 6.45) is 6.82. The third-order valence-electron chi connectivity index (χ3n) is 6.39. The molecule has 4 rings (SSSR count). The smallest absolute Gasteiger partial charge is 0.341 e. The minimum absolute atomic E-state index is 0.276. The summed E-state index contributed by atoms with van der Waals surface area (Å²) in [6, 6.07) is 12.7. The van der Waals surface area contributed by atoms with Gasteiger partial charge in [-0.1, -0.05) is 38.0 Å². The standard InChI is InChI=1S/C28H33FN4O3/c1-3-4-8-25-18-32(17-21-11-20(2)12-26(13-21)36-19-27(34)35)9-10-33(25)28-30-15-23(16-31-28)22-6-5-7-24(29)14-22/h5-7,11-16,25H,3-4,8-10,17-19H2,1-2H3,(H,34,35)/t25-/m1/s1. The summed E-state index contributed by atoms with van der Waals surface area (Å²) in [5.74, 6) is 0.0248. The minimum atomic E-state index is -0.987. The number of halogens is 1. The highest BCUT2D eigenvalue weighted by Crippen LogP contribution is 2.25. The van der Waals surface area contributed by atoms with Gasteiger partial charge in [0.05, 0.1) is 0 Å². The number of anilines is 1. The lowest BCUT2D eigenvalue weighted by molar-refractivity contribution is -0.139. The fraction of sp³-hybridized carbons (Fsp3) is 0.393. The van der Waals surface area contributed by atoms with Crippen LogP contribution < -0.4 is 9.64 Å².